The van der Waals surface area contributed by atoms with Crippen LogP contribution in [0.4, 0.5) is 0 Å². The number of likely N-dealkylation sites (tertiary alicyclic amines) is 1. The molecule has 1 saturated heterocycles. The molecular weight excluding hydrogens is 318 g/mol. The molecule has 1 saturated carbocycles. The van der Waals surface area contributed by atoms with Gasteiger partial charge in [-0.25, -0.2) is 0 Å². The van der Waals surface area contributed by atoms with Crippen molar-refractivity contribution in [2.24, 2.45) is 11.8 Å². The third-order valence-corrected chi connectivity index (χ3v) is 5.87. The van der Waals surface area contributed by atoms with Gasteiger partial charge in [-0.1, -0.05) is 12.1 Å². The summed E-state index contributed by atoms with van der Waals surface area (Å²) in [4.78, 5) is 14.6. The van der Waals surface area contributed by atoms with E-state index in [1.807, 2.05) is 36.1 Å². The zero-order valence-electron chi connectivity index (χ0n) is 14.5. The molecule has 2 heterocycles. The Kier molecular flexibility index (Phi) is 3.80. The number of aliphatic hydroxyl groups is 1. The Bertz CT molecular complexity index is 803. The summed E-state index contributed by atoms with van der Waals surface area (Å²) in [5.74, 6) is 1.12. The molecule has 2 fully saturated rings. The Morgan fingerprint density at radius 1 is 1.44 bits per heavy atom. The van der Waals surface area contributed by atoms with Gasteiger partial charge in [-0.3, -0.25) is 9.89 Å². The van der Waals surface area contributed by atoms with Crippen LogP contribution < -0.4 is 4.74 Å². The van der Waals surface area contributed by atoms with Crippen LogP contribution in [0.15, 0.2) is 30.5 Å². The lowest BCUT2D eigenvalue weighted by molar-refractivity contribution is -0.00605. The zero-order valence-corrected chi connectivity index (χ0v) is 14.5. The lowest BCUT2D eigenvalue weighted by Gasteiger charge is -2.31. The fourth-order valence-electron chi connectivity index (χ4n) is 4.45. The van der Waals surface area contributed by atoms with Crippen molar-refractivity contribution in [2.75, 3.05) is 20.2 Å². The molecule has 0 spiro atoms. The molecule has 2 aromatic rings. The van der Waals surface area contributed by atoms with Gasteiger partial charge in [0.05, 0.1) is 24.5 Å². The number of carbonyl (C=O) groups is 1. The van der Waals surface area contributed by atoms with Crippen LogP contribution in [-0.2, 0) is 5.60 Å². The molecule has 0 radical (unpaired) electrons. The number of fused-ring (bicyclic) bond motifs is 1. The number of nitrogens with one attached hydrogen (secondary N) is 1. The standard InChI is InChI=1S/C19H23N3O3/c1-12-16(9-20-21-12)18(23)22-10-13-6-7-19(24,17(13)11-22)14-4-3-5-15(8-14)25-2/h3-5,8-9,13,17,24H,6-7,10-11H2,1-2H3,(H,20,21)/t13-,17+,19+/m1/s1. The predicted octanol–water partition coefficient (Wildman–Crippen LogP) is 2.10. The number of aromatic amines is 1. The first-order chi connectivity index (χ1) is 12.0. The van der Waals surface area contributed by atoms with Crippen molar-refractivity contribution in [1.82, 2.24) is 15.1 Å². The molecule has 3 atom stereocenters. The molecule has 1 aliphatic carbocycles. The van der Waals surface area contributed by atoms with Crippen LogP contribution in [0.2, 0.25) is 0 Å². The van der Waals surface area contributed by atoms with Crippen molar-refractivity contribution in [1.29, 1.82) is 0 Å². The molecule has 132 valence electrons. The van der Waals surface area contributed by atoms with E-state index in [1.165, 1.54) is 0 Å². The minimum absolute atomic E-state index is 0.00589. The summed E-state index contributed by atoms with van der Waals surface area (Å²) < 4.78 is 5.31. The van der Waals surface area contributed by atoms with Crippen LogP contribution in [0.25, 0.3) is 0 Å². The van der Waals surface area contributed by atoms with E-state index in [2.05, 4.69) is 10.2 Å². The summed E-state index contributed by atoms with van der Waals surface area (Å²) in [5.41, 5.74) is 1.38. The lowest BCUT2D eigenvalue weighted by Crippen LogP contribution is -2.36. The molecule has 4 rings (SSSR count). The van der Waals surface area contributed by atoms with Gasteiger partial charge in [0, 0.05) is 24.7 Å². The largest absolute Gasteiger partial charge is 0.497 e. The number of ether oxygens (including phenoxy) is 1. The summed E-state index contributed by atoms with van der Waals surface area (Å²) in [7, 11) is 1.63. The molecule has 2 N–H and O–H groups in total. The molecule has 2 aliphatic rings. The Hall–Kier alpha value is -2.34. The van der Waals surface area contributed by atoms with Crippen LogP contribution >= 0.6 is 0 Å². The van der Waals surface area contributed by atoms with E-state index in [0.717, 1.165) is 29.8 Å². The normalized spacial score (nSPS) is 28.2. The first kappa shape index (κ1) is 16.1. The second kappa shape index (κ2) is 5.88. The zero-order chi connectivity index (χ0) is 17.6. The van der Waals surface area contributed by atoms with Crippen molar-refractivity contribution < 1.29 is 14.6 Å². The van der Waals surface area contributed by atoms with E-state index in [-0.39, 0.29) is 11.8 Å². The van der Waals surface area contributed by atoms with Gasteiger partial charge in [-0.2, -0.15) is 5.10 Å². The van der Waals surface area contributed by atoms with Crippen molar-refractivity contribution in [3.8, 4) is 5.75 Å². The Labute approximate surface area is 146 Å². The summed E-state index contributed by atoms with van der Waals surface area (Å²) in [6.45, 7) is 3.12. The van der Waals surface area contributed by atoms with Crippen molar-refractivity contribution in [2.45, 2.75) is 25.4 Å². The summed E-state index contributed by atoms with van der Waals surface area (Å²) in [5, 5.41) is 18.2. The molecule has 1 aromatic carbocycles. The Balaban J connectivity index is 1.59. The van der Waals surface area contributed by atoms with Gasteiger partial charge in [0.1, 0.15) is 5.75 Å². The van der Waals surface area contributed by atoms with E-state index in [4.69, 9.17) is 4.74 Å². The third-order valence-electron chi connectivity index (χ3n) is 5.87. The second-order valence-electron chi connectivity index (χ2n) is 7.18. The number of H-pyrrole nitrogens is 1. The van der Waals surface area contributed by atoms with Crippen molar-refractivity contribution in [3.63, 3.8) is 0 Å². The number of aryl methyl sites for hydroxylation is 1. The Morgan fingerprint density at radius 2 is 2.28 bits per heavy atom. The lowest BCUT2D eigenvalue weighted by atomic mass is 9.82. The van der Waals surface area contributed by atoms with Gasteiger partial charge in [-0.15, -0.1) is 0 Å². The predicted molar refractivity (Wildman–Crippen MR) is 92.3 cm³/mol. The van der Waals surface area contributed by atoms with E-state index < -0.39 is 5.60 Å². The van der Waals surface area contributed by atoms with Crippen LogP contribution in [0.3, 0.4) is 0 Å². The maximum atomic E-state index is 12.8. The molecule has 0 unspecified atom stereocenters. The average Bonchev–Trinajstić information content (AvgIpc) is 3.32. The van der Waals surface area contributed by atoms with Gasteiger partial charge in [0.25, 0.3) is 5.91 Å². The molecule has 0 bridgehead atoms. The highest BCUT2D eigenvalue weighted by Crippen LogP contribution is 2.51. The molecule has 25 heavy (non-hydrogen) atoms. The topological polar surface area (TPSA) is 78.5 Å². The molecule has 6 heteroatoms. The number of aromatic nitrogens is 2. The van der Waals surface area contributed by atoms with E-state index in [1.54, 1.807) is 13.3 Å². The number of hydrogen-bond acceptors (Lipinski definition) is 4. The van der Waals surface area contributed by atoms with Gasteiger partial charge in [0.2, 0.25) is 0 Å². The number of methoxy groups -OCH3 is 1. The monoisotopic (exact) mass is 341 g/mol. The summed E-state index contributed by atoms with van der Waals surface area (Å²) >= 11 is 0. The van der Waals surface area contributed by atoms with Gasteiger partial charge < -0.3 is 14.7 Å². The van der Waals surface area contributed by atoms with Gasteiger partial charge in [0.15, 0.2) is 0 Å². The summed E-state index contributed by atoms with van der Waals surface area (Å²) in [6.07, 6.45) is 3.23. The van der Waals surface area contributed by atoms with Gasteiger partial charge >= 0.3 is 0 Å². The third kappa shape index (κ3) is 2.52. The minimum Gasteiger partial charge on any atom is -0.497 e. The number of carbonyl (C=O) groups excluding carboxylic acids is 1. The maximum absolute atomic E-state index is 12.8. The van der Waals surface area contributed by atoms with Crippen LogP contribution in [0.1, 0.15) is 34.5 Å². The van der Waals surface area contributed by atoms with Crippen molar-refractivity contribution >= 4 is 5.91 Å². The number of nitrogens with zero attached hydrogens (tertiary/aromatic N) is 2. The highest BCUT2D eigenvalue weighted by Gasteiger charge is 2.53. The quantitative estimate of drug-likeness (QED) is 0.896. The fourth-order valence-corrected chi connectivity index (χ4v) is 4.45. The van der Waals surface area contributed by atoms with E-state index in [9.17, 15) is 9.90 Å². The molecule has 1 aliphatic heterocycles. The van der Waals surface area contributed by atoms with Crippen LogP contribution in [-0.4, -0.2) is 46.3 Å². The average molecular weight is 341 g/mol. The first-order valence-electron chi connectivity index (χ1n) is 8.69. The smallest absolute Gasteiger partial charge is 0.257 e. The maximum Gasteiger partial charge on any atom is 0.257 e. The highest BCUT2D eigenvalue weighted by molar-refractivity contribution is 5.95. The number of benzene rings is 1. The second-order valence-corrected chi connectivity index (χ2v) is 7.18. The summed E-state index contributed by atoms with van der Waals surface area (Å²) in [6, 6.07) is 7.65. The molecular formula is C19H23N3O3. The van der Waals surface area contributed by atoms with E-state index in [0.29, 0.717) is 24.6 Å². The molecule has 1 amide bonds. The fraction of sp³-hybridized carbons (Fsp3) is 0.474. The van der Waals surface area contributed by atoms with Crippen molar-refractivity contribution in [3.05, 3.63) is 47.3 Å². The SMILES string of the molecule is COc1cccc([C@@]2(O)CC[C@@H]3CN(C(=O)c4cn[nH]c4C)C[C@@H]32)c1. The van der Waals surface area contributed by atoms with Gasteiger partial charge in [-0.05, 0) is 43.4 Å². The first-order valence-corrected chi connectivity index (χ1v) is 8.69. The molecule has 6 nitrogen and oxygen atoms in total. The number of amides is 1. The highest BCUT2D eigenvalue weighted by atomic mass is 16.5. The van der Waals surface area contributed by atoms with E-state index >= 15 is 0 Å². The molecule has 1 aromatic heterocycles. The minimum atomic E-state index is -0.903. The van der Waals surface area contributed by atoms with Crippen LogP contribution in [0, 0.1) is 18.8 Å². The Morgan fingerprint density at radius 3 is 3.00 bits per heavy atom. The number of hydrogen-bond donors (Lipinski definition) is 2. The van der Waals surface area contributed by atoms with Crippen LogP contribution in [0.5, 0.6) is 5.75 Å². The number of rotatable bonds is 3.